The molecule has 0 spiro atoms. The van der Waals surface area contributed by atoms with Crippen LogP contribution in [0.25, 0.3) is 0 Å². The smallest absolute Gasteiger partial charge is 0.303 e. The van der Waals surface area contributed by atoms with Gasteiger partial charge in [-0.05, 0) is 42.4 Å². The molecule has 1 saturated heterocycles. The first kappa shape index (κ1) is 14.4. The Morgan fingerprint density at radius 3 is 2.71 bits per heavy atom. The molecule has 1 aromatic rings. The van der Waals surface area contributed by atoms with Crippen LogP contribution in [0.5, 0.6) is 5.75 Å². The van der Waals surface area contributed by atoms with Crippen molar-refractivity contribution in [1.82, 2.24) is 0 Å². The minimum Gasteiger partial charge on any atom is -0.490 e. The van der Waals surface area contributed by atoms with E-state index in [2.05, 4.69) is 0 Å². The van der Waals surface area contributed by atoms with Gasteiger partial charge in [-0.2, -0.15) is 0 Å². The molecule has 0 aromatic heterocycles. The molecule has 4 heteroatoms. The minimum absolute atomic E-state index is 0.126. The SMILES string of the molecule is O=C(O)CC(c1cccc(OC2CCOCC2)c1)C1CC1. The molecule has 1 aliphatic heterocycles. The van der Waals surface area contributed by atoms with Gasteiger partial charge < -0.3 is 14.6 Å². The van der Waals surface area contributed by atoms with Crippen molar-refractivity contribution in [1.29, 1.82) is 0 Å². The first-order chi connectivity index (χ1) is 10.2. The summed E-state index contributed by atoms with van der Waals surface area (Å²) in [6.07, 6.45) is 4.56. The Hall–Kier alpha value is -1.55. The number of rotatable bonds is 6. The second-order valence-corrected chi connectivity index (χ2v) is 6.04. The van der Waals surface area contributed by atoms with Crippen molar-refractivity contribution in [3.05, 3.63) is 29.8 Å². The molecule has 114 valence electrons. The molecule has 4 nitrogen and oxygen atoms in total. The second kappa shape index (κ2) is 6.48. The third kappa shape index (κ3) is 3.97. The van der Waals surface area contributed by atoms with Crippen LogP contribution >= 0.6 is 0 Å². The van der Waals surface area contributed by atoms with Gasteiger partial charge in [0.15, 0.2) is 0 Å². The third-order valence-corrected chi connectivity index (χ3v) is 4.34. The first-order valence-electron chi connectivity index (χ1n) is 7.78. The Kier molecular flexibility index (Phi) is 4.44. The molecule has 1 aliphatic carbocycles. The summed E-state index contributed by atoms with van der Waals surface area (Å²) in [4.78, 5) is 11.1. The van der Waals surface area contributed by atoms with Crippen LogP contribution in [0.15, 0.2) is 24.3 Å². The highest BCUT2D eigenvalue weighted by Gasteiger charge is 2.33. The molecular weight excluding hydrogens is 268 g/mol. The topological polar surface area (TPSA) is 55.8 Å². The Morgan fingerprint density at radius 1 is 1.29 bits per heavy atom. The summed E-state index contributed by atoms with van der Waals surface area (Å²) in [6, 6.07) is 8.00. The van der Waals surface area contributed by atoms with Gasteiger partial charge in [-0.1, -0.05) is 12.1 Å². The maximum atomic E-state index is 11.1. The molecule has 0 bridgehead atoms. The zero-order valence-corrected chi connectivity index (χ0v) is 12.2. The number of carbonyl (C=O) groups is 1. The molecule has 1 saturated carbocycles. The molecule has 0 radical (unpaired) electrons. The maximum Gasteiger partial charge on any atom is 0.303 e. The minimum atomic E-state index is -0.720. The van der Waals surface area contributed by atoms with Crippen molar-refractivity contribution >= 4 is 5.97 Å². The number of benzene rings is 1. The van der Waals surface area contributed by atoms with E-state index < -0.39 is 5.97 Å². The molecule has 1 atom stereocenters. The largest absolute Gasteiger partial charge is 0.490 e. The van der Waals surface area contributed by atoms with Crippen molar-refractivity contribution < 1.29 is 19.4 Å². The molecular formula is C17H22O4. The van der Waals surface area contributed by atoms with E-state index in [-0.39, 0.29) is 18.4 Å². The normalized spacial score (nSPS) is 21.0. The summed E-state index contributed by atoms with van der Waals surface area (Å²) in [7, 11) is 0. The predicted molar refractivity (Wildman–Crippen MR) is 78.6 cm³/mol. The van der Waals surface area contributed by atoms with E-state index in [1.165, 1.54) is 0 Å². The fourth-order valence-corrected chi connectivity index (χ4v) is 3.05. The predicted octanol–water partition coefficient (Wildman–Crippen LogP) is 3.21. The Balaban J connectivity index is 1.70. The van der Waals surface area contributed by atoms with Gasteiger partial charge in [-0.25, -0.2) is 0 Å². The van der Waals surface area contributed by atoms with Gasteiger partial charge in [0, 0.05) is 12.8 Å². The summed E-state index contributed by atoms with van der Waals surface area (Å²) in [5.74, 6) is 0.790. The Morgan fingerprint density at radius 2 is 2.05 bits per heavy atom. The van der Waals surface area contributed by atoms with Crippen LogP contribution in [0.1, 0.15) is 43.6 Å². The molecule has 21 heavy (non-hydrogen) atoms. The van der Waals surface area contributed by atoms with Crippen LogP contribution in [-0.2, 0) is 9.53 Å². The highest BCUT2D eigenvalue weighted by Crippen LogP contribution is 2.45. The van der Waals surface area contributed by atoms with Crippen molar-refractivity contribution in [3.8, 4) is 5.75 Å². The van der Waals surface area contributed by atoms with Gasteiger partial charge >= 0.3 is 5.97 Å². The zero-order valence-electron chi connectivity index (χ0n) is 12.2. The van der Waals surface area contributed by atoms with Gasteiger partial charge in [0.25, 0.3) is 0 Å². The van der Waals surface area contributed by atoms with Crippen LogP contribution < -0.4 is 4.74 Å². The maximum absolute atomic E-state index is 11.1. The molecule has 1 aromatic carbocycles. The van der Waals surface area contributed by atoms with E-state index in [4.69, 9.17) is 14.6 Å². The monoisotopic (exact) mass is 290 g/mol. The highest BCUT2D eigenvalue weighted by molar-refractivity contribution is 5.68. The second-order valence-electron chi connectivity index (χ2n) is 6.04. The Labute approximate surface area is 125 Å². The lowest BCUT2D eigenvalue weighted by Gasteiger charge is -2.24. The number of carboxylic acid groups (broad SMARTS) is 1. The molecule has 1 N–H and O–H groups in total. The average Bonchev–Trinajstić information content (AvgIpc) is 3.30. The van der Waals surface area contributed by atoms with Crippen molar-refractivity contribution in [2.24, 2.45) is 5.92 Å². The van der Waals surface area contributed by atoms with E-state index in [1.54, 1.807) is 0 Å². The van der Waals surface area contributed by atoms with Gasteiger partial charge in [0.05, 0.1) is 19.6 Å². The van der Waals surface area contributed by atoms with Gasteiger partial charge in [-0.3, -0.25) is 4.79 Å². The number of hydrogen-bond donors (Lipinski definition) is 1. The summed E-state index contributed by atoms with van der Waals surface area (Å²) >= 11 is 0. The molecule has 2 aliphatic rings. The summed E-state index contributed by atoms with van der Waals surface area (Å²) in [6.45, 7) is 1.52. The van der Waals surface area contributed by atoms with E-state index in [9.17, 15) is 4.79 Å². The summed E-state index contributed by atoms with van der Waals surface area (Å²) in [5, 5.41) is 9.11. The van der Waals surface area contributed by atoms with Crippen LogP contribution in [0.2, 0.25) is 0 Å². The Bertz CT molecular complexity index is 489. The fourth-order valence-electron chi connectivity index (χ4n) is 3.05. The molecule has 0 amide bonds. The lowest BCUT2D eigenvalue weighted by atomic mass is 9.91. The number of hydrogen-bond acceptors (Lipinski definition) is 3. The van der Waals surface area contributed by atoms with Crippen molar-refractivity contribution in [2.45, 2.75) is 44.1 Å². The number of carboxylic acids is 1. The van der Waals surface area contributed by atoms with E-state index in [0.717, 1.165) is 50.2 Å². The average molecular weight is 290 g/mol. The lowest BCUT2D eigenvalue weighted by Crippen LogP contribution is -2.25. The quantitative estimate of drug-likeness (QED) is 0.874. The number of aliphatic carboxylic acids is 1. The number of ether oxygens (including phenoxy) is 2. The molecule has 3 rings (SSSR count). The van der Waals surface area contributed by atoms with Gasteiger partial charge in [0.2, 0.25) is 0 Å². The van der Waals surface area contributed by atoms with Crippen LogP contribution in [0.4, 0.5) is 0 Å². The molecule has 1 unspecified atom stereocenters. The van der Waals surface area contributed by atoms with Gasteiger partial charge in [-0.15, -0.1) is 0 Å². The fraction of sp³-hybridized carbons (Fsp3) is 0.588. The van der Waals surface area contributed by atoms with E-state index >= 15 is 0 Å². The van der Waals surface area contributed by atoms with Gasteiger partial charge in [0.1, 0.15) is 11.9 Å². The van der Waals surface area contributed by atoms with Crippen LogP contribution in [0.3, 0.4) is 0 Å². The van der Waals surface area contributed by atoms with Crippen LogP contribution in [-0.4, -0.2) is 30.4 Å². The zero-order chi connectivity index (χ0) is 14.7. The summed E-state index contributed by atoms with van der Waals surface area (Å²) < 4.78 is 11.4. The van der Waals surface area contributed by atoms with Crippen molar-refractivity contribution in [2.75, 3.05) is 13.2 Å². The molecule has 2 fully saturated rings. The highest BCUT2D eigenvalue weighted by atomic mass is 16.5. The molecule has 1 heterocycles. The van der Waals surface area contributed by atoms with Crippen molar-refractivity contribution in [3.63, 3.8) is 0 Å². The van der Waals surface area contributed by atoms with E-state index in [1.807, 2.05) is 24.3 Å². The van der Waals surface area contributed by atoms with E-state index in [0.29, 0.717) is 5.92 Å². The summed E-state index contributed by atoms with van der Waals surface area (Å²) in [5.41, 5.74) is 1.10. The standard InChI is InChI=1S/C17H22O4/c18-17(19)11-16(12-4-5-12)13-2-1-3-15(10-13)21-14-6-8-20-9-7-14/h1-3,10,12,14,16H,4-9,11H2,(H,18,19). The first-order valence-corrected chi connectivity index (χ1v) is 7.78. The lowest BCUT2D eigenvalue weighted by molar-refractivity contribution is -0.137. The third-order valence-electron chi connectivity index (χ3n) is 4.34. The van der Waals surface area contributed by atoms with Crippen LogP contribution in [0, 0.1) is 5.92 Å².